The number of halogens is 1. The van der Waals surface area contributed by atoms with Gasteiger partial charge in [-0.1, -0.05) is 48.5 Å². The largest absolute Gasteiger partial charge is 0.487 e. The molecule has 0 radical (unpaired) electrons. The third-order valence-corrected chi connectivity index (χ3v) is 8.99. The van der Waals surface area contributed by atoms with Crippen LogP contribution >= 0.6 is 0 Å². The van der Waals surface area contributed by atoms with Crippen molar-refractivity contribution in [2.45, 2.75) is 53.4 Å². The molecule has 2 heterocycles. The highest BCUT2D eigenvalue weighted by atomic mass is 19.1. The number of aryl methyl sites for hydroxylation is 2. The Bertz CT molecular complexity index is 2300. The Labute approximate surface area is 337 Å². The van der Waals surface area contributed by atoms with Crippen LogP contribution < -0.4 is 20.1 Å². The van der Waals surface area contributed by atoms with Crippen molar-refractivity contribution in [1.82, 2.24) is 9.97 Å². The quantitative estimate of drug-likeness (QED) is 0.0922. The van der Waals surface area contributed by atoms with E-state index >= 15 is 0 Å². The molecule has 6 aromatic rings. The van der Waals surface area contributed by atoms with Crippen LogP contribution in [0.25, 0.3) is 9.69 Å². The van der Waals surface area contributed by atoms with Crippen LogP contribution in [-0.2, 0) is 39.6 Å². The Kier molecular flexibility index (Phi) is 14.8. The summed E-state index contributed by atoms with van der Waals surface area (Å²) < 4.78 is 25.7. The molecule has 11 nitrogen and oxygen atoms in total. The van der Waals surface area contributed by atoms with E-state index < -0.39 is 6.67 Å². The minimum atomic E-state index is -0.667. The lowest BCUT2D eigenvalue weighted by atomic mass is 10.1. The highest BCUT2D eigenvalue weighted by Gasteiger charge is 2.16. The number of nitrogens with one attached hydrogen (secondary N) is 2. The van der Waals surface area contributed by atoms with E-state index in [4.69, 9.17) is 33.1 Å². The first-order chi connectivity index (χ1) is 28.3. The summed E-state index contributed by atoms with van der Waals surface area (Å²) in [6.07, 6.45) is 3.38. The number of aliphatic hydroxyl groups excluding tert-OH is 1. The maximum Gasteiger partial charge on any atom is 0.187 e. The fourth-order valence-corrected chi connectivity index (χ4v) is 5.72. The first-order valence-corrected chi connectivity index (χ1v) is 18.1. The van der Waals surface area contributed by atoms with E-state index in [9.17, 15) is 9.50 Å². The monoisotopic (exact) mass is 770 g/mol. The molecule has 4 aromatic carbocycles. The van der Waals surface area contributed by atoms with E-state index in [-0.39, 0.29) is 13.2 Å². The molecule has 0 fully saturated rings. The SMILES string of the molecule is [C-]#[N+]c1ccc(COc2c(C)ncc(CNc3ccc(C#N)cc3)c2CF)cc1.[C-]#[N+]c1ccc(COc2c(C)ncc(CNc3ccc(C#N)cc3)c2CO)cc1. The van der Waals surface area contributed by atoms with Crippen LogP contribution in [-0.4, -0.2) is 15.1 Å². The lowest BCUT2D eigenvalue weighted by Crippen LogP contribution is -2.09. The zero-order valence-corrected chi connectivity index (χ0v) is 32.0. The number of pyridine rings is 2. The summed E-state index contributed by atoms with van der Waals surface area (Å²) in [5.74, 6) is 1.02. The topological polar surface area (TPSA) is 145 Å². The number of nitriles is 2. The van der Waals surface area contributed by atoms with E-state index in [1.807, 2.05) is 43.3 Å². The minimum absolute atomic E-state index is 0.167. The molecular weight excluding hydrogens is 732 g/mol. The van der Waals surface area contributed by atoms with Gasteiger partial charge in [-0.2, -0.15) is 10.5 Å². The van der Waals surface area contributed by atoms with Crippen LogP contribution in [0.15, 0.2) is 109 Å². The fraction of sp³-hybridized carbons (Fsp3) is 0.174. The molecule has 0 atom stereocenters. The predicted octanol–water partition coefficient (Wildman–Crippen LogP) is 9.97. The van der Waals surface area contributed by atoms with E-state index in [1.54, 1.807) is 80.0 Å². The molecule has 12 heteroatoms. The van der Waals surface area contributed by atoms with Crippen LogP contribution in [0.4, 0.5) is 27.1 Å². The number of nitrogens with zero attached hydrogens (tertiary/aromatic N) is 6. The van der Waals surface area contributed by atoms with Crippen LogP contribution in [0.5, 0.6) is 11.5 Å². The summed E-state index contributed by atoms with van der Waals surface area (Å²) in [6, 6.07) is 32.7. The molecule has 0 saturated carbocycles. The number of hydrogen-bond donors (Lipinski definition) is 3. The molecule has 58 heavy (non-hydrogen) atoms. The zero-order valence-electron chi connectivity index (χ0n) is 32.0. The summed E-state index contributed by atoms with van der Waals surface area (Å²) in [4.78, 5) is 15.5. The number of aliphatic hydroxyl groups is 1. The van der Waals surface area contributed by atoms with Gasteiger partial charge in [0, 0.05) is 48.0 Å². The molecule has 6 rings (SSSR count). The third kappa shape index (κ3) is 11.1. The van der Waals surface area contributed by atoms with Crippen molar-refractivity contribution in [2.24, 2.45) is 0 Å². The molecule has 2 aromatic heterocycles. The molecule has 0 aliphatic heterocycles. The van der Waals surface area contributed by atoms with Gasteiger partial charge >= 0.3 is 0 Å². The molecule has 3 N–H and O–H groups in total. The van der Waals surface area contributed by atoms with Gasteiger partial charge in [0.05, 0.1) is 54.4 Å². The number of anilines is 2. The van der Waals surface area contributed by atoms with Gasteiger partial charge in [-0.3, -0.25) is 9.97 Å². The van der Waals surface area contributed by atoms with Crippen LogP contribution in [0.3, 0.4) is 0 Å². The molecule has 0 aliphatic carbocycles. The molecule has 0 unspecified atom stereocenters. The molecule has 0 saturated heterocycles. The second kappa shape index (κ2) is 20.8. The molecule has 0 amide bonds. The van der Waals surface area contributed by atoms with E-state index in [0.717, 1.165) is 28.1 Å². The highest BCUT2D eigenvalue weighted by molar-refractivity contribution is 5.51. The van der Waals surface area contributed by atoms with Gasteiger partial charge in [-0.15, -0.1) is 0 Å². The van der Waals surface area contributed by atoms with Crippen molar-refractivity contribution in [3.63, 3.8) is 0 Å². The average molecular weight is 771 g/mol. The minimum Gasteiger partial charge on any atom is -0.487 e. The number of rotatable bonds is 14. The van der Waals surface area contributed by atoms with E-state index in [0.29, 0.717) is 81.8 Å². The van der Waals surface area contributed by atoms with Gasteiger partial charge in [0.15, 0.2) is 11.4 Å². The van der Waals surface area contributed by atoms with E-state index in [1.165, 1.54) is 0 Å². The molecule has 0 aliphatic rings. The first-order valence-electron chi connectivity index (χ1n) is 18.1. The van der Waals surface area contributed by atoms with Crippen molar-refractivity contribution in [3.8, 4) is 23.6 Å². The second-order valence-corrected chi connectivity index (χ2v) is 12.9. The van der Waals surface area contributed by atoms with Crippen molar-refractivity contribution >= 4 is 22.7 Å². The Morgan fingerprint density at radius 3 is 1.40 bits per heavy atom. The molecule has 0 spiro atoms. The Morgan fingerprint density at radius 2 is 1.03 bits per heavy atom. The molecule has 0 bridgehead atoms. The lowest BCUT2D eigenvalue weighted by Gasteiger charge is -2.17. The number of hydrogen-bond acceptors (Lipinski definition) is 9. The highest BCUT2D eigenvalue weighted by Crippen LogP contribution is 2.29. The summed E-state index contributed by atoms with van der Waals surface area (Å²) in [6.45, 7) is 18.2. The summed E-state index contributed by atoms with van der Waals surface area (Å²) in [5.41, 5.74) is 9.88. The Morgan fingerprint density at radius 1 is 0.638 bits per heavy atom. The maximum absolute atomic E-state index is 13.9. The van der Waals surface area contributed by atoms with Gasteiger partial charge in [-0.05, 0) is 84.6 Å². The van der Waals surface area contributed by atoms with Gasteiger partial charge < -0.3 is 25.2 Å². The number of alkyl halides is 1. The number of benzene rings is 4. The van der Waals surface area contributed by atoms with Crippen LogP contribution in [0.2, 0.25) is 0 Å². The van der Waals surface area contributed by atoms with Crippen LogP contribution in [0.1, 0.15) is 55.9 Å². The average Bonchev–Trinajstić information content (AvgIpc) is 3.27. The van der Waals surface area contributed by atoms with Gasteiger partial charge in [0.2, 0.25) is 0 Å². The van der Waals surface area contributed by atoms with Gasteiger partial charge in [-0.25, -0.2) is 14.1 Å². The van der Waals surface area contributed by atoms with Gasteiger partial charge in [0.25, 0.3) is 0 Å². The van der Waals surface area contributed by atoms with Gasteiger partial charge in [0.1, 0.15) is 31.4 Å². The number of ether oxygens (including phenoxy) is 2. The summed E-state index contributed by atoms with van der Waals surface area (Å²) >= 11 is 0. The normalized spacial score (nSPS) is 10.1. The predicted molar refractivity (Wildman–Crippen MR) is 220 cm³/mol. The smallest absolute Gasteiger partial charge is 0.187 e. The maximum atomic E-state index is 13.9. The summed E-state index contributed by atoms with van der Waals surface area (Å²) in [5, 5.41) is 34.2. The molecule has 288 valence electrons. The Balaban J connectivity index is 0.000000221. The standard InChI is InChI=1S/C23H19FN4O.C23H20N4O2/c1-16-23(29-15-18-5-7-20(26-2)8-6-18)22(11-24)19(13-27-16)14-28-21-9-3-17(12-25)4-10-21;1-16-23(29-15-18-5-7-20(25-2)8-6-18)22(14-28)19(12-26-16)13-27-21-9-3-17(11-24)4-10-21/h3-10,13,28H,11,14-15H2,1H3;3-10,12,27-28H,13-15H2,1H3. The third-order valence-electron chi connectivity index (χ3n) is 8.99. The Hall–Kier alpha value is -7.77. The summed E-state index contributed by atoms with van der Waals surface area (Å²) in [7, 11) is 0. The molecular formula is C46H39FN8O3. The van der Waals surface area contributed by atoms with Crippen molar-refractivity contribution in [1.29, 1.82) is 10.5 Å². The number of aromatic nitrogens is 2. The van der Waals surface area contributed by atoms with Crippen molar-refractivity contribution in [2.75, 3.05) is 10.6 Å². The fourth-order valence-electron chi connectivity index (χ4n) is 5.72. The zero-order chi connectivity index (χ0) is 41.3. The van der Waals surface area contributed by atoms with Crippen LogP contribution in [0, 0.1) is 49.7 Å². The van der Waals surface area contributed by atoms with E-state index in [2.05, 4.69) is 42.4 Å². The second-order valence-electron chi connectivity index (χ2n) is 12.9. The van der Waals surface area contributed by atoms with Crippen molar-refractivity contribution < 1.29 is 19.0 Å². The lowest BCUT2D eigenvalue weighted by molar-refractivity contribution is 0.256. The first kappa shape index (κ1) is 41.4. The van der Waals surface area contributed by atoms with Crippen molar-refractivity contribution in [3.05, 3.63) is 188 Å².